The lowest BCUT2D eigenvalue weighted by Gasteiger charge is -2.10. The second kappa shape index (κ2) is 8.58. The van der Waals surface area contributed by atoms with Gasteiger partial charge in [0.1, 0.15) is 11.8 Å². The van der Waals surface area contributed by atoms with Crippen LogP contribution in [0.3, 0.4) is 0 Å². The van der Waals surface area contributed by atoms with Gasteiger partial charge in [-0.15, -0.1) is 6.58 Å². The molecule has 21 heavy (non-hydrogen) atoms. The first kappa shape index (κ1) is 16.5. The molecule has 5 nitrogen and oxygen atoms in total. The Kier molecular flexibility index (Phi) is 6.74. The molecule has 1 atom stereocenters. The lowest BCUT2D eigenvalue weighted by molar-refractivity contribution is -0.141. The van der Waals surface area contributed by atoms with Gasteiger partial charge in [-0.2, -0.15) is 0 Å². The van der Waals surface area contributed by atoms with Crippen LogP contribution in [-0.4, -0.2) is 29.6 Å². The minimum absolute atomic E-state index is 0.171. The first-order chi connectivity index (χ1) is 10.1. The lowest BCUT2D eigenvalue weighted by Crippen LogP contribution is -2.39. The molecular weight excluding hydrogens is 270 g/mol. The Balaban J connectivity index is 2.73. The number of ether oxygens (including phenoxy) is 1. The molecule has 0 saturated carbocycles. The van der Waals surface area contributed by atoms with Crippen molar-refractivity contribution in [2.75, 3.05) is 6.61 Å². The fraction of sp³-hybridized carbons (Fsp3) is 0.250. The van der Waals surface area contributed by atoms with Crippen LogP contribution in [0.15, 0.2) is 43.0 Å². The van der Waals surface area contributed by atoms with Gasteiger partial charge in [-0.3, -0.25) is 4.79 Å². The molecule has 1 unspecified atom stereocenters. The molecule has 1 aromatic rings. The first-order valence-electron chi connectivity index (χ1n) is 6.62. The number of hydrogen-bond acceptors (Lipinski definition) is 3. The number of carbonyl (C=O) groups excluding carboxylic acids is 1. The maximum atomic E-state index is 11.7. The fourth-order valence-electron chi connectivity index (χ4n) is 1.68. The van der Waals surface area contributed by atoms with Crippen molar-refractivity contribution in [1.82, 2.24) is 5.32 Å². The van der Waals surface area contributed by atoms with Crippen molar-refractivity contribution in [3.05, 3.63) is 48.6 Å². The van der Waals surface area contributed by atoms with Crippen molar-refractivity contribution >= 4 is 18.0 Å². The Labute approximate surface area is 123 Å². The van der Waals surface area contributed by atoms with Crippen LogP contribution >= 0.6 is 0 Å². The van der Waals surface area contributed by atoms with E-state index in [2.05, 4.69) is 11.9 Å². The Bertz CT molecular complexity index is 537. The summed E-state index contributed by atoms with van der Waals surface area (Å²) in [6.07, 6.45) is 4.50. The van der Waals surface area contributed by atoms with Crippen molar-refractivity contribution in [3.8, 4) is 5.75 Å². The van der Waals surface area contributed by atoms with Crippen LogP contribution in [-0.2, 0) is 9.59 Å². The molecule has 0 aliphatic rings. The zero-order valence-corrected chi connectivity index (χ0v) is 11.9. The predicted molar refractivity (Wildman–Crippen MR) is 81.0 cm³/mol. The zero-order valence-electron chi connectivity index (χ0n) is 11.9. The standard InChI is InChI=1S/C16H19NO4/c1-3-7-13(16(19)20)17-15(18)11-10-12-8-5-6-9-14(12)21-4-2/h3,5-6,8-11,13H,1,4,7H2,2H3,(H,17,18)(H,19,20)/b11-10+. The summed E-state index contributed by atoms with van der Waals surface area (Å²) in [5, 5.41) is 11.3. The molecule has 0 radical (unpaired) electrons. The second-order valence-corrected chi connectivity index (χ2v) is 4.23. The van der Waals surface area contributed by atoms with Gasteiger partial charge in [-0.05, 0) is 25.5 Å². The minimum atomic E-state index is -1.09. The monoisotopic (exact) mass is 289 g/mol. The average molecular weight is 289 g/mol. The van der Waals surface area contributed by atoms with Gasteiger partial charge in [0.15, 0.2) is 0 Å². The largest absolute Gasteiger partial charge is 0.493 e. The number of aliphatic carboxylic acids is 1. The summed E-state index contributed by atoms with van der Waals surface area (Å²) >= 11 is 0. The molecule has 0 aliphatic heterocycles. The SMILES string of the molecule is C=CCC(NC(=O)/C=C/c1ccccc1OCC)C(=O)O. The summed E-state index contributed by atoms with van der Waals surface area (Å²) in [6.45, 7) is 5.87. The van der Waals surface area contributed by atoms with Crippen LogP contribution in [0.1, 0.15) is 18.9 Å². The smallest absolute Gasteiger partial charge is 0.326 e. The van der Waals surface area contributed by atoms with Crippen LogP contribution in [0, 0.1) is 0 Å². The van der Waals surface area contributed by atoms with Crippen LogP contribution in [0.4, 0.5) is 0 Å². The number of rotatable bonds is 8. The Morgan fingerprint density at radius 3 is 2.76 bits per heavy atom. The molecule has 0 aromatic heterocycles. The third-order valence-corrected chi connectivity index (χ3v) is 2.65. The summed E-state index contributed by atoms with van der Waals surface area (Å²) in [5.74, 6) is -0.896. The Hall–Kier alpha value is -2.56. The van der Waals surface area contributed by atoms with Crippen molar-refractivity contribution in [3.63, 3.8) is 0 Å². The van der Waals surface area contributed by atoms with Crippen molar-refractivity contribution in [1.29, 1.82) is 0 Å². The third kappa shape index (κ3) is 5.52. The van der Waals surface area contributed by atoms with E-state index in [0.29, 0.717) is 12.4 Å². The van der Waals surface area contributed by atoms with Gasteiger partial charge in [0.25, 0.3) is 0 Å². The number of nitrogens with one attached hydrogen (secondary N) is 1. The van der Waals surface area contributed by atoms with Gasteiger partial charge in [-0.25, -0.2) is 4.79 Å². The maximum Gasteiger partial charge on any atom is 0.326 e. The number of para-hydroxylation sites is 1. The lowest BCUT2D eigenvalue weighted by atomic mass is 10.1. The van der Waals surface area contributed by atoms with Gasteiger partial charge >= 0.3 is 5.97 Å². The summed E-state index contributed by atoms with van der Waals surface area (Å²) in [6, 6.07) is 6.32. The predicted octanol–water partition coefficient (Wildman–Crippen LogP) is 2.24. The summed E-state index contributed by atoms with van der Waals surface area (Å²) in [5.41, 5.74) is 0.755. The summed E-state index contributed by atoms with van der Waals surface area (Å²) in [7, 11) is 0. The molecule has 0 fully saturated rings. The maximum absolute atomic E-state index is 11.7. The van der Waals surface area contributed by atoms with Gasteiger partial charge in [0.05, 0.1) is 6.61 Å². The van der Waals surface area contributed by atoms with Gasteiger partial charge in [0.2, 0.25) is 5.91 Å². The Morgan fingerprint density at radius 1 is 1.43 bits per heavy atom. The van der Waals surface area contributed by atoms with E-state index in [0.717, 1.165) is 5.56 Å². The van der Waals surface area contributed by atoms with Gasteiger partial charge in [0, 0.05) is 11.6 Å². The van der Waals surface area contributed by atoms with E-state index in [4.69, 9.17) is 9.84 Å². The quantitative estimate of drug-likeness (QED) is 0.568. The van der Waals surface area contributed by atoms with Crippen molar-refractivity contribution < 1.29 is 19.4 Å². The first-order valence-corrected chi connectivity index (χ1v) is 6.62. The molecule has 0 aliphatic carbocycles. The van der Waals surface area contributed by atoms with E-state index in [1.54, 1.807) is 12.1 Å². The number of hydrogen-bond donors (Lipinski definition) is 2. The topological polar surface area (TPSA) is 75.6 Å². The van der Waals surface area contributed by atoms with E-state index >= 15 is 0 Å². The Morgan fingerprint density at radius 2 is 2.14 bits per heavy atom. The van der Waals surface area contributed by atoms with Crippen molar-refractivity contribution in [2.45, 2.75) is 19.4 Å². The molecule has 0 saturated heterocycles. The van der Waals surface area contributed by atoms with Crippen LogP contribution in [0.5, 0.6) is 5.75 Å². The van der Waals surface area contributed by atoms with E-state index in [1.165, 1.54) is 12.2 Å². The molecule has 0 spiro atoms. The molecular formula is C16H19NO4. The summed E-state index contributed by atoms with van der Waals surface area (Å²) in [4.78, 5) is 22.7. The number of carboxylic acid groups (broad SMARTS) is 1. The molecule has 1 aromatic carbocycles. The molecule has 112 valence electrons. The highest BCUT2D eigenvalue weighted by Crippen LogP contribution is 2.19. The highest BCUT2D eigenvalue weighted by atomic mass is 16.5. The number of amides is 1. The van der Waals surface area contributed by atoms with E-state index < -0.39 is 17.9 Å². The fourth-order valence-corrected chi connectivity index (χ4v) is 1.68. The van der Waals surface area contributed by atoms with Crippen LogP contribution in [0.2, 0.25) is 0 Å². The van der Waals surface area contributed by atoms with Gasteiger partial charge in [-0.1, -0.05) is 24.3 Å². The summed E-state index contributed by atoms with van der Waals surface area (Å²) < 4.78 is 5.44. The molecule has 2 N–H and O–H groups in total. The van der Waals surface area contributed by atoms with Crippen LogP contribution < -0.4 is 10.1 Å². The highest BCUT2D eigenvalue weighted by Gasteiger charge is 2.16. The average Bonchev–Trinajstić information content (AvgIpc) is 2.46. The zero-order chi connectivity index (χ0) is 15.7. The van der Waals surface area contributed by atoms with E-state index in [-0.39, 0.29) is 6.42 Å². The van der Waals surface area contributed by atoms with E-state index in [9.17, 15) is 9.59 Å². The van der Waals surface area contributed by atoms with Crippen molar-refractivity contribution in [2.24, 2.45) is 0 Å². The molecule has 0 bridgehead atoms. The molecule has 0 heterocycles. The van der Waals surface area contributed by atoms with E-state index in [1.807, 2.05) is 25.1 Å². The third-order valence-electron chi connectivity index (χ3n) is 2.65. The minimum Gasteiger partial charge on any atom is -0.493 e. The van der Waals surface area contributed by atoms with Gasteiger partial charge < -0.3 is 15.2 Å². The normalized spacial score (nSPS) is 11.9. The number of carbonyl (C=O) groups is 2. The van der Waals surface area contributed by atoms with Crippen LogP contribution in [0.25, 0.3) is 6.08 Å². The second-order valence-electron chi connectivity index (χ2n) is 4.23. The molecule has 5 heteroatoms. The number of carboxylic acids is 1. The molecule has 1 amide bonds. The highest BCUT2D eigenvalue weighted by molar-refractivity contribution is 5.94. The number of benzene rings is 1. The molecule has 1 rings (SSSR count).